The number of hydrogen-bond acceptors (Lipinski definition) is 8. The Hall–Kier alpha value is -3.51. The Bertz CT molecular complexity index is 1550. The van der Waals surface area contributed by atoms with Crippen LogP contribution in [0, 0.1) is 35.5 Å². The molecule has 4 saturated heterocycles. The van der Waals surface area contributed by atoms with Crippen LogP contribution in [0.5, 0.6) is 0 Å². The lowest BCUT2D eigenvalue weighted by Crippen LogP contribution is -3.27. The van der Waals surface area contributed by atoms with Crippen LogP contribution in [0.15, 0.2) is 30.3 Å². The summed E-state index contributed by atoms with van der Waals surface area (Å²) in [5, 5.41) is 9.85. The molecule has 3 aliphatic carbocycles. The lowest BCUT2D eigenvalue weighted by Gasteiger charge is -3.10. The molecule has 0 bridgehead atoms. The number of carbonyl (C=O) groups is 5. The number of carbonyl (C=O) groups excluding carboxylic acids is 5. The summed E-state index contributed by atoms with van der Waals surface area (Å²) >= 11 is 0. The molecule has 8 rings (SSSR count). The van der Waals surface area contributed by atoms with Crippen molar-refractivity contribution in [2.75, 3.05) is 27.7 Å². The third-order valence-electron chi connectivity index (χ3n) is 14.1. The summed E-state index contributed by atoms with van der Waals surface area (Å²) in [6, 6.07) is 8.38. The first-order valence-corrected chi connectivity index (χ1v) is 19.6. The first-order valence-electron chi connectivity index (χ1n) is 19.6. The van der Waals surface area contributed by atoms with Gasteiger partial charge in [-0.2, -0.15) is 0 Å². The molecule has 1 aromatic carbocycles. The predicted octanol–water partition coefficient (Wildman–Crippen LogP) is 1.96. The van der Waals surface area contributed by atoms with Gasteiger partial charge < -0.3 is 25.6 Å². The van der Waals surface area contributed by atoms with Crippen LogP contribution in [0.4, 0.5) is 0 Å². The summed E-state index contributed by atoms with van der Waals surface area (Å²) in [6.07, 6.45) is 4.64. The Balaban J connectivity index is 0.994. The van der Waals surface area contributed by atoms with E-state index in [9.17, 15) is 24.0 Å². The van der Waals surface area contributed by atoms with Crippen molar-refractivity contribution in [1.29, 1.82) is 0 Å². The number of methoxy groups -OCH3 is 1. The van der Waals surface area contributed by atoms with E-state index in [0.717, 1.165) is 31.4 Å². The molecule has 4 aliphatic heterocycles. The fourth-order valence-corrected chi connectivity index (χ4v) is 11.5. The van der Waals surface area contributed by atoms with E-state index < -0.39 is 17.6 Å². The summed E-state index contributed by atoms with van der Waals surface area (Å²) in [6.45, 7) is 10.6. The molecule has 4 heterocycles. The molecule has 0 aromatic heterocycles. The number of hydrogen-bond donors (Lipinski definition) is 3. The molecule has 7 aliphatic rings. The third kappa shape index (κ3) is 5.02. The number of piperidine rings is 13. The van der Waals surface area contributed by atoms with Gasteiger partial charge in [0.05, 0.1) is 24.6 Å². The molecule has 10 atom stereocenters. The predicted molar refractivity (Wildman–Crippen MR) is 194 cm³/mol. The van der Waals surface area contributed by atoms with Gasteiger partial charge in [-0.1, -0.05) is 77.8 Å². The zero-order chi connectivity index (χ0) is 37.4. The first kappa shape index (κ1) is 36.8. The van der Waals surface area contributed by atoms with Crippen LogP contribution in [0.25, 0.3) is 0 Å². The maximum atomic E-state index is 14.2. The number of esters is 1. The molecule has 52 heavy (non-hydrogen) atoms. The second kappa shape index (κ2) is 13.4. The smallest absolute Gasteiger partial charge is 0.308 e. The molecule has 12 heteroatoms. The Morgan fingerprint density at radius 1 is 0.981 bits per heavy atom. The molecule has 0 spiro atoms. The van der Waals surface area contributed by atoms with Gasteiger partial charge in [-0.05, 0) is 62.6 Å². The van der Waals surface area contributed by atoms with Crippen LogP contribution in [0.2, 0.25) is 0 Å². The van der Waals surface area contributed by atoms with Gasteiger partial charge in [0.15, 0.2) is 0 Å². The average Bonchev–Trinajstić information content (AvgIpc) is 3.13. The molecule has 7 fully saturated rings. The average molecular weight is 719 g/mol. The molecule has 1 aromatic rings. The van der Waals surface area contributed by atoms with Crippen molar-refractivity contribution in [3.63, 3.8) is 0 Å². The number of likely N-dealkylation sites (N-methyl/N-ethyl adjacent to an activating group) is 2. The highest BCUT2D eigenvalue weighted by Gasteiger charge is 3.12. The van der Waals surface area contributed by atoms with Crippen LogP contribution in [0.1, 0.15) is 72.3 Å². The van der Waals surface area contributed by atoms with Crippen molar-refractivity contribution >= 4 is 29.6 Å². The monoisotopic (exact) mass is 718 g/mol. The van der Waals surface area contributed by atoms with Crippen LogP contribution in [0.3, 0.4) is 0 Å². The number of likely N-dealkylation sites (tertiary alicyclic amines) is 1. The molecule has 4 unspecified atom stereocenters. The summed E-state index contributed by atoms with van der Waals surface area (Å²) in [5.41, 5.74) is 0.261. The van der Waals surface area contributed by atoms with Crippen LogP contribution < -0.4 is 16.0 Å². The van der Waals surface area contributed by atoms with E-state index in [-0.39, 0.29) is 94.8 Å². The van der Waals surface area contributed by atoms with Gasteiger partial charge in [0.2, 0.25) is 23.6 Å². The minimum atomic E-state index is -0.721. The Morgan fingerprint density at radius 3 is 2.21 bits per heavy atom. The Kier molecular flexibility index (Phi) is 9.50. The van der Waals surface area contributed by atoms with E-state index in [1.807, 2.05) is 72.0 Å². The largest absolute Gasteiger partial charge is 0.469 e. The highest BCUT2D eigenvalue weighted by Crippen LogP contribution is 2.96. The summed E-state index contributed by atoms with van der Waals surface area (Å²) in [5.74, 6) is -0.702. The van der Waals surface area contributed by atoms with Crippen molar-refractivity contribution in [2.45, 2.75) is 120 Å². The number of benzene rings is 1. The van der Waals surface area contributed by atoms with Gasteiger partial charge in [-0.25, -0.2) is 0 Å². The quantitative estimate of drug-likeness (QED) is 0.221. The summed E-state index contributed by atoms with van der Waals surface area (Å²) in [7, 11) is 5.04. The fraction of sp³-hybridized carbons (Fsp3) is 0.725. The van der Waals surface area contributed by atoms with Crippen LogP contribution in [-0.4, -0.2) is 119 Å². The number of ether oxygens (including phenoxy) is 1. The van der Waals surface area contributed by atoms with Crippen molar-refractivity contribution in [3.8, 4) is 0 Å². The normalized spacial score (nSPS) is 34.6. The van der Waals surface area contributed by atoms with E-state index in [0.29, 0.717) is 19.3 Å². The van der Waals surface area contributed by atoms with Crippen molar-refractivity contribution in [1.82, 2.24) is 30.7 Å². The maximum Gasteiger partial charge on any atom is 0.308 e. The lowest BCUT2D eigenvalue weighted by molar-refractivity contribution is -0.587. The maximum absolute atomic E-state index is 14.2. The van der Waals surface area contributed by atoms with Gasteiger partial charge in [-0.15, -0.1) is 0 Å². The second-order valence-corrected chi connectivity index (χ2v) is 17.1. The molecule has 12 nitrogen and oxygen atoms in total. The van der Waals surface area contributed by atoms with Gasteiger partial charge >= 0.3 is 5.97 Å². The van der Waals surface area contributed by atoms with Crippen molar-refractivity contribution in [3.05, 3.63) is 35.9 Å². The minimum Gasteiger partial charge on any atom is -0.469 e. The molecular weight excluding hydrogens is 660 g/mol. The number of rotatable bonds is 16. The van der Waals surface area contributed by atoms with Gasteiger partial charge in [-0.3, -0.25) is 33.8 Å². The number of nitrogens with zero attached hydrogens (tertiary/aromatic N) is 3. The van der Waals surface area contributed by atoms with E-state index in [2.05, 4.69) is 25.8 Å². The molecule has 0 radical (unpaired) electrons. The van der Waals surface area contributed by atoms with Gasteiger partial charge in [0, 0.05) is 37.0 Å². The third-order valence-corrected chi connectivity index (χ3v) is 14.1. The van der Waals surface area contributed by atoms with E-state index in [1.54, 1.807) is 11.9 Å². The zero-order valence-electron chi connectivity index (χ0n) is 32.1. The van der Waals surface area contributed by atoms with Gasteiger partial charge in [0.1, 0.15) is 17.6 Å². The molecule has 4 amide bonds. The van der Waals surface area contributed by atoms with Gasteiger partial charge in [0.25, 0.3) is 0 Å². The standard InChI is InChI=1S/C40H58N6O6/c1-9-22(4)30(42-34(47)26-17-13-14-18-44(26)6)36(49)45(7)31(21(2)3)35(48)43-39-27-28-32(39)46-33(39)29(27)40(28,46)38(51)41-25(19-23(5)37(50)52-8)20-24-15-11-10-12-16-24/h10-12,15-16,21-23,25-33H,9,13-14,17-20H2,1-8H3,(H,41,51)(H,42,47)(H,43,48)/t22-,23-,25+,26+,27?,28?,29?,30-,31-,32?,33?,39?,40?/m0/s1. The lowest BCUT2D eigenvalue weighted by atomic mass is 9.08. The van der Waals surface area contributed by atoms with E-state index >= 15 is 0 Å². The highest BCUT2D eigenvalue weighted by molar-refractivity contribution is 5.99. The molecule has 3 saturated carbocycles. The number of amides is 4. The molecule has 284 valence electrons. The molecular formula is C40H58N6O6. The molecule has 3 N–H and O–H groups in total. The van der Waals surface area contributed by atoms with E-state index in [1.165, 1.54) is 7.11 Å². The topological polar surface area (TPSA) is 140 Å². The van der Waals surface area contributed by atoms with Crippen molar-refractivity contribution < 1.29 is 28.7 Å². The van der Waals surface area contributed by atoms with Crippen LogP contribution in [-0.2, 0) is 35.1 Å². The van der Waals surface area contributed by atoms with Crippen molar-refractivity contribution in [2.24, 2.45) is 35.5 Å². The Labute approximate surface area is 308 Å². The minimum absolute atomic E-state index is 0.0341. The second-order valence-electron chi connectivity index (χ2n) is 17.1. The van der Waals surface area contributed by atoms with Crippen LogP contribution >= 0.6 is 0 Å². The Morgan fingerprint density at radius 2 is 1.65 bits per heavy atom. The summed E-state index contributed by atoms with van der Waals surface area (Å²) in [4.78, 5) is 74.0. The highest BCUT2D eigenvalue weighted by atomic mass is 16.5. The van der Waals surface area contributed by atoms with E-state index in [4.69, 9.17) is 4.74 Å². The number of nitrogens with one attached hydrogen (secondary N) is 3. The summed E-state index contributed by atoms with van der Waals surface area (Å²) < 4.78 is 4.98. The first-order chi connectivity index (χ1) is 24.8. The SMILES string of the molecule is CC[C@H](C)[C@H](NC(=O)[C@H]1CCCCN1C)C(=O)N(C)[C@H](C(=O)NC12C3C4C1N1C2C3C41C(=O)N[C@@H](Cc1ccccc1)C[C@H](C)C(=O)OC)C(C)C. The zero-order valence-corrected chi connectivity index (χ0v) is 32.1. The fourth-order valence-electron chi connectivity index (χ4n) is 11.5.